The van der Waals surface area contributed by atoms with E-state index in [-0.39, 0.29) is 30.0 Å². The highest BCUT2D eigenvalue weighted by atomic mass is 16.5. The van der Waals surface area contributed by atoms with Crippen molar-refractivity contribution in [2.45, 2.75) is 38.9 Å². The molecule has 96 valence electrons. The lowest BCUT2D eigenvalue weighted by molar-refractivity contribution is -0.156. The van der Waals surface area contributed by atoms with Gasteiger partial charge < -0.3 is 14.7 Å². The summed E-state index contributed by atoms with van der Waals surface area (Å²) in [5.74, 6) is -1.03. The number of hydrogen-bond donors (Lipinski definition) is 1. The predicted octanol–water partition coefficient (Wildman–Crippen LogP) is 0.733. The van der Waals surface area contributed by atoms with Crippen molar-refractivity contribution in [3.8, 4) is 0 Å². The van der Waals surface area contributed by atoms with E-state index in [1.807, 2.05) is 6.92 Å². The number of carbonyl (C=O) groups is 2. The van der Waals surface area contributed by atoms with Crippen LogP contribution in [0.25, 0.3) is 0 Å². The van der Waals surface area contributed by atoms with E-state index in [1.54, 1.807) is 11.8 Å². The topological polar surface area (TPSA) is 66.8 Å². The molecule has 0 aromatic carbocycles. The molecule has 2 aliphatic rings. The summed E-state index contributed by atoms with van der Waals surface area (Å²) < 4.78 is 5.52. The molecule has 5 heteroatoms. The molecular formula is C12H19NO4. The highest BCUT2D eigenvalue weighted by Crippen LogP contribution is 2.28. The quantitative estimate of drug-likeness (QED) is 0.791. The molecule has 5 nitrogen and oxygen atoms in total. The Morgan fingerprint density at radius 2 is 2.00 bits per heavy atom. The number of rotatable bonds is 3. The Morgan fingerprint density at radius 1 is 1.35 bits per heavy atom. The number of amides is 1. The van der Waals surface area contributed by atoms with Gasteiger partial charge in [0.05, 0.1) is 12.0 Å². The first-order chi connectivity index (χ1) is 7.99. The van der Waals surface area contributed by atoms with Crippen molar-refractivity contribution in [1.82, 2.24) is 4.90 Å². The van der Waals surface area contributed by atoms with Crippen LogP contribution in [0.1, 0.15) is 26.7 Å². The molecule has 3 unspecified atom stereocenters. The molecule has 2 heterocycles. The molecule has 0 saturated carbocycles. The lowest BCUT2D eigenvalue weighted by atomic mass is 9.86. The lowest BCUT2D eigenvalue weighted by Gasteiger charge is -2.42. The number of carboxylic acids is 1. The van der Waals surface area contributed by atoms with E-state index in [0.717, 1.165) is 12.8 Å². The third-order valence-electron chi connectivity index (χ3n) is 3.83. The van der Waals surface area contributed by atoms with Gasteiger partial charge in [0.1, 0.15) is 6.10 Å². The first kappa shape index (κ1) is 12.4. The second-order valence-corrected chi connectivity index (χ2v) is 5.14. The Morgan fingerprint density at radius 3 is 2.47 bits per heavy atom. The van der Waals surface area contributed by atoms with E-state index in [1.165, 1.54) is 0 Å². The van der Waals surface area contributed by atoms with Crippen LogP contribution in [0.4, 0.5) is 0 Å². The van der Waals surface area contributed by atoms with Crippen molar-refractivity contribution in [2.75, 3.05) is 13.1 Å². The van der Waals surface area contributed by atoms with Crippen molar-refractivity contribution >= 4 is 11.9 Å². The van der Waals surface area contributed by atoms with Crippen molar-refractivity contribution < 1.29 is 19.4 Å². The second kappa shape index (κ2) is 4.64. The summed E-state index contributed by atoms with van der Waals surface area (Å²) in [7, 11) is 0. The monoisotopic (exact) mass is 241 g/mol. The largest absolute Gasteiger partial charge is 0.481 e. The van der Waals surface area contributed by atoms with Crippen LogP contribution in [0.3, 0.4) is 0 Å². The molecule has 17 heavy (non-hydrogen) atoms. The fourth-order valence-electron chi connectivity index (χ4n) is 2.40. The maximum absolute atomic E-state index is 12.0. The van der Waals surface area contributed by atoms with Crippen LogP contribution in [-0.2, 0) is 14.3 Å². The summed E-state index contributed by atoms with van der Waals surface area (Å²) in [6.45, 7) is 4.78. The molecule has 0 radical (unpaired) electrons. The van der Waals surface area contributed by atoms with E-state index in [4.69, 9.17) is 9.84 Å². The summed E-state index contributed by atoms with van der Waals surface area (Å²) in [5, 5.41) is 8.86. The van der Waals surface area contributed by atoms with Gasteiger partial charge in [-0.2, -0.15) is 0 Å². The number of ether oxygens (including phenoxy) is 1. The molecule has 0 bridgehead atoms. The van der Waals surface area contributed by atoms with E-state index in [0.29, 0.717) is 13.1 Å². The van der Waals surface area contributed by atoms with E-state index >= 15 is 0 Å². The molecule has 0 aromatic rings. The van der Waals surface area contributed by atoms with E-state index < -0.39 is 5.97 Å². The fraction of sp³-hybridized carbons (Fsp3) is 0.833. The third-order valence-corrected chi connectivity index (χ3v) is 3.83. The van der Waals surface area contributed by atoms with Crippen molar-refractivity contribution in [3.63, 3.8) is 0 Å². The minimum absolute atomic E-state index is 0.0307. The summed E-state index contributed by atoms with van der Waals surface area (Å²) in [6, 6.07) is 0. The molecule has 2 rings (SSSR count). The molecule has 0 aromatic heterocycles. The van der Waals surface area contributed by atoms with Crippen LogP contribution in [0, 0.1) is 11.8 Å². The van der Waals surface area contributed by atoms with Gasteiger partial charge in [-0.15, -0.1) is 0 Å². The number of hydrogen-bond acceptors (Lipinski definition) is 3. The van der Waals surface area contributed by atoms with Gasteiger partial charge in [0.15, 0.2) is 0 Å². The minimum Gasteiger partial charge on any atom is -0.481 e. The van der Waals surface area contributed by atoms with E-state index in [9.17, 15) is 9.59 Å². The highest BCUT2D eigenvalue weighted by Gasteiger charge is 2.41. The van der Waals surface area contributed by atoms with E-state index in [2.05, 4.69) is 0 Å². The van der Waals surface area contributed by atoms with Crippen molar-refractivity contribution in [1.29, 1.82) is 0 Å². The number of nitrogens with zero attached hydrogens (tertiary/aromatic N) is 1. The smallest absolute Gasteiger partial charge is 0.306 e. The number of carboxylic acid groups (broad SMARTS) is 1. The molecule has 0 aliphatic carbocycles. The molecule has 2 aliphatic heterocycles. The fourth-order valence-corrected chi connectivity index (χ4v) is 2.40. The van der Waals surface area contributed by atoms with Gasteiger partial charge in [0.2, 0.25) is 0 Å². The Hall–Kier alpha value is -1.10. The standard InChI is InChI=1S/C12H19NO4/c1-7-3-4-10(17-7)11(14)13-5-9(6-13)8(2)12(15)16/h7-10H,3-6H2,1-2H3,(H,15,16). The van der Waals surface area contributed by atoms with Crippen LogP contribution in [0.5, 0.6) is 0 Å². The normalized spacial score (nSPS) is 31.1. The summed E-state index contributed by atoms with van der Waals surface area (Å²) in [6.07, 6.45) is 1.58. The number of carbonyl (C=O) groups excluding carboxylic acids is 1. The van der Waals surface area contributed by atoms with Gasteiger partial charge in [0.25, 0.3) is 5.91 Å². The zero-order valence-electron chi connectivity index (χ0n) is 10.3. The first-order valence-corrected chi connectivity index (χ1v) is 6.16. The van der Waals surface area contributed by atoms with Gasteiger partial charge in [-0.1, -0.05) is 6.92 Å². The van der Waals surface area contributed by atoms with Gasteiger partial charge in [-0.3, -0.25) is 9.59 Å². The maximum atomic E-state index is 12.0. The molecular weight excluding hydrogens is 222 g/mol. The minimum atomic E-state index is -0.784. The van der Waals surface area contributed by atoms with Crippen LogP contribution in [-0.4, -0.2) is 47.2 Å². The Balaban J connectivity index is 1.79. The highest BCUT2D eigenvalue weighted by molar-refractivity contribution is 5.82. The second-order valence-electron chi connectivity index (χ2n) is 5.14. The molecule has 1 N–H and O–H groups in total. The third kappa shape index (κ3) is 2.44. The maximum Gasteiger partial charge on any atom is 0.306 e. The van der Waals surface area contributed by atoms with Crippen LogP contribution < -0.4 is 0 Å². The molecule has 3 atom stereocenters. The van der Waals surface area contributed by atoms with Gasteiger partial charge in [-0.25, -0.2) is 0 Å². The molecule has 1 amide bonds. The zero-order chi connectivity index (χ0) is 12.6. The number of likely N-dealkylation sites (tertiary alicyclic amines) is 1. The van der Waals surface area contributed by atoms with Crippen LogP contribution in [0.2, 0.25) is 0 Å². The Bertz CT molecular complexity index is 324. The zero-order valence-corrected chi connectivity index (χ0v) is 10.3. The van der Waals surface area contributed by atoms with Gasteiger partial charge >= 0.3 is 5.97 Å². The SMILES string of the molecule is CC1CCC(C(=O)N2CC(C(C)C(=O)O)C2)O1. The average Bonchev–Trinajstić information content (AvgIpc) is 2.62. The average molecular weight is 241 g/mol. The van der Waals surface area contributed by atoms with Crippen molar-refractivity contribution in [2.24, 2.45) is 11.8 Å². The summed E-state index contributed by atoms with van der Waals surface area (Å²) in [4.78, 5) is 24.5. The van der Waals surface area contributed by atoms with Crippen LogP contribution in [0.15, 0.2) is 0 Å². The Labute approximate surface area is 101 Å². The summed E-state index contributed by atoms with van der Waals surface area (Å²) >= 11 is 0. The van der Waals surface area contributed by atoms with Gasteiger partial charge in [0, 0.05) is 19.0 Å². The lowest BCUT2D eigenvalue weighted by Crippen LogP contribution is -2.56. The predicted molar refractivity (Wildman–Crippen MR) is 60.4 cm³/mol. The first-order valence-electron chi connectivity index (χ1n) is 6.16. The van der Waals surface area contributed by atoms with Crippen molar-refractivity contribution in [3.05, 3.63) is 0 Å². The molecule has 2 saturated heterocycles. The Kier molecular flexibility index (Phi) is 3.38. The number of aliphatic carboxylic acids is 1. The van der Waals surface area contributed by atoms with Crippen LogP contribution >= 0.6 is 0 Å². The molecule has 2 fully saturated rings. The van der Waals surface area contributed by atoms with Gasteiger partial charge in [-0.05, 0) is 19.8 Å². The summed E-state index contributed by atoms with van der Waals surface area (Å²) in [5.41, 5.74) is 0. The molecule has 0 spiro atoms.